The maximum absolute atomic E-state index is 11.3. The van der Waals surface area contributed by atoms with Crippen LogP contribution in [-0.2, 0) is 16.0 Å². The number of hydrogen-bond donors (Lipinski definition) is 0. The van der Waals surface area contributed by atoms with Gasteiger partial charge in [0.2, 0.25) is 0 Å². The Bertz CT molecular complexity index is 313. The van der Waals surface area contributed by atoms with E-state index < -0.39 is 5.97 Å². The molecular weight excluding hydrogens is 200 g/mol. The molecule has 1 heterocycles. The zero-order valence-electron chi connectivity index (χ0n) is 8.84. The molecule has 0 aromatic carbocycles. The largest absolute Gasteiger partial charge is 0.460 e. The van der Waals surface area contributed by atoms with E-state index in [1.54, 1.807) is 14.0 Å². The molecule has 0 fully saturated rings. The fourth-order valence-electron chi connectivity index (χ4n) is 1.06. The lowest BCUT2D eigenvalue weighted by Gasteiger charge is -2.03. The first-order chi connectivity index (χ1) is 7.29. The molecule has 0 aliphatic heterocycles. The van der Waals surface area contributed by atoms with Crippen LogP contribution < -0.4 is 0 Å². The predicted octanol–water partition coefficient (Wildman–Crippen LogP) is -0.114. The van der Waals surface area contributed by atoms with Crippen LogP contribution in [0.2, 0.25) is 0 Å². The highest BCUT2D eigenvalue weighted by molar-refractivity contribution is 5.85. The van der Waals surface area contributed by atoms with Crippen LogP contribution >= 0.6 is 0 Å². The van der Waals surface area contributed by atoms with Crippen LogP contribution in [0.5, 0.6) is 0 Å². The van der Waals surface area contributed by atoms with Gasteiger partial charge in [0.15, 0.2) is 0 Å². The number of carbonyl (C=O) groups is 1. The van der Waals surface area contributed by atoms with Crippen molar-refractivity contribution in [2.75, 3.05) is 20.3 Å². The van der Waals surface area contributed by atoms with Crippen LogP contribution in [0.4, 0.5) is 0 Å². The number of rotatable bonds is 6. The number of ether oxygens (including phenoxy) is 2. The number of aromatic nitrogens is 4. The fourth-order valence-corrected chi connectivity index (χ4v) is 1.06. The zero-order valence-corrected chi connectivity index (χ0v) is 8.84. The second-order valence-electron chi connectivity index (χ2n) is 2.79. The molecule has 0 aliphatic rings. The molecule has 0 saturated heterocycles. The van der Waals surface area contributed by atoms with E-state index >= 15 is 0 Å². The van der Waals surface area contributed by atoms with Crippen LogP contribution in [0.1, 0.15) is 24.0 Å². The van der Waals surface area contributed by atoms with Crippen molar-refractivity contribution in [2.24, 2.45) is 0 Å². The third-order valence-corrected chi connectivity index (χ3v) is 1.71. The predicted molar refractivity (Wildman–Crippen MR) is 50.3 cm³/mol. The third kappa shape index (κ3) is 3.28. The van der Waals surface area contributed by atoms with Crippen molar-refractivity contribution in [1.29, 1.82) is 0 Å². The van der Waals surface area contributed by atoms with Gasteiger partial charge in [-0.15, -0.1) is 5.10 Å². The average molecular weight is 214 g/mol. The second kappa shape index (κ2) is 6.07. The zero-order chi connectivity index (χ0) is 11.1. The van der Waals surface area contributed by atoms with Gasteiger partial charge < -0.3 is 9.47 Å². The van der Waals surface area contributed by atoms with Crippen LogP contribution in [0.25, 0.3) is 0 Å². The van der Waals surface area contributed by atoms with Crippen molar-refractivity contribution < 1.29 is 14.3 Å². The maximum atomic E-state index is 11.3. The Kier molecular flexibility index (Phi) is 4.69. The van der Waals surface area contributed by atoms with Crippen LogP contribution in [-0.4, -0.2) is 46.5 Å². The first-order valence-corrected chi connectivity index (χ1v) is 4.71. The van der Waals surface area contributed by atoms with E-state index in [2.05, 4.69) is 15.5 Å². The minimum absolute atomic E-state index is 0.132. The van der Waals surface area contributed by atoms with Gasteiger partial charge in [-0.2, -0.15) is 0 Å². The normalized spacial score (nSPS) is 10.3. The summed E-state index contributed by atoms with van der Waals surface area (Å²) in [7, 11) is 1.62. The summed E-state index contributed by atoms with van der Waals surface area (Å²) in [6.45, 7) is 3.18. The fraction of sp³-hybridized carbons (Fsp3) is 0.750. The summed E-state index contributed by atoms with van der Waals surface area (Å²) in [6.07, 6.45) is 0.744. The molecule has 1 rings (SSSR count). The minimum atomic E-state index is -0.500. The Balaban J connectivity index is 2.56. The van der Waals surface area contributed by atoms with Crippen molar-refractivity contribution in [1.82, 2.24) is 20.2 Å². The first kappa shape index (κ1) is 11.6. The van der Waals surface area contributed by atoms with Gasteiger partial charge >= 0.3 is 5.97 Å². The van der Waals surface area contributed by atoms with Crippen molar-refractivity contribution in [3.05, 3.63) is 5.82 Å². The van der Waals surface area contributed by atoms with Gasteiger partial charge in [-0.25, -0.2) is 9.48 Å². The molecule has 0 unspecified atom stereocenters. The average Bonchev–Trinajstić information content (AvgIpc) is 2.67. The van der Waals surface area contributed by atoms with E-state index in [9.17, 15) is 4.79 Å². The lowest BCUT2D eigenvalue weighted by molar-refractivity contribution is 0.0503. The highest BCUT2D eigenvalue weighted by Gasteiger charge is 2.15. The van der Waals surface area contributed by atoms with Crippen LogP contribution in [0.15, 0.2) is 0 Å². The summed E-state index contributed by atoms with van der Waals surface area (Å²) in [5, 5.41) is 10.7. The van der Waals surface area contributed by atoms with Gasteiger partial charge in [0.05, 0.1) is 6.61 Å². The molecular formula is C8H14N4O3. The summed E-state index contributed by atoms with van der Waals surface area (Å²) in [4.78, 5) is 11.3. The topological polar surface area (TPSA) is 79.1 Å². The quantitative estimate of drug-likeness (QED) is 0.485. The Morgan fingerprint density at radius 1 is 1.53 bits per heavy atom. The number of esters is 1. The highest BCUT2D eigenvalue weighted by atomic mass is 16.5. The van der Waals surface area contributed by atoms with Gasteiger partial charge in [-0.3, -0.25) is 0 Å². The molecule has 7 heteroatoms. The van der Waals surface area contributed by atoms with Crippen LogP contribution in [0, 0.1) is 0 Å². The number of aryl methyl sites for hydroxylation is 1. The Hall–Kier alpha value is -1.50. The number of carbonyl (C=O) groups excluding carboxylic acids is 1. The van der Waals surface area contributed by atoms with Crippen LogP contribution in [0.3, 0.4) is 0 Å². The molecule has 0 bridgehead atoms. The summed E-state index contributed by atoms with van der Waals surface area (Å²) in [6, 6.07) is 0. The SMILES string of the molecule is CCOC(=O)c1nnnn1CCCOC. The minimum Gasteiger partial charge on any atom is -0.460 e. The monoisotopic (exact) mass is 214 g/mol. The molecule has 0 saturated carbocycles. The summed E-state index contributed by atoms with van der Waals surface area (Å²) in [5.41, 5.74) is 0. The second-order valence-corrected chi connectivity index (χ2v) is 2.79. The van der Waals surface area contributed by atoms with Gasteiger partial charge in [0.1, 0.15) is 0 Å². The van der Waals surface area contributed by atoms with Gasteiger partial charge in [-0.1, -0.05) is 0 Å². The molecule has 0 N–H and O–H groups in total. The highest BCUT2D eigenvalue weighted by Crippen LogP contribution is 1.97. The Morgan fingerprint density at radius 2 is 2.33 bits per heavy atom. The summed E-state index contributed by atoms with van der Waals surface area (Å²) < 4.78 is 11.1. The Labute approximate surface area is 87.4 Å². The molecule has 7 nitrogen and oxygen atoms in total. The van der Waals surface area contributed by atoms with Crippen molar-refractivity contribution in [3.8, 4) is 0 Å². The van der Waals surface area contributed by atoms with Gasteiger partial charge in [0.25, 0.3) is 5.82 Å². The lowest BCUT2D eigenvalue weighted by atomic mass is 10.4. The maximum Gasteiger partial charge on any atom is 0.378 e. The number of methoxy groups -OCH3 is 1. The molecule has 0 atom stereocenters. The smallest absolute Gasteiger partial charge is 0.378 e. The number of tetrazole rings is 1. The molecule has 15 heavy (non-hydrogen) atoms. The lowest BCUT2D eigenvalue weighted by Crippen LogP contribution is -2.15. The molecule has 0 aliphatic carbocycles. The summed E-state index contributed by atoms with van der Waals surface area (Å²) in [5.74, 6) is -0.368. The number of nitrogens with zero attached hydrogens (tertiary/aromatic N) is 4. The summed E-state index contributed by atoms with van der Waals surface area (Å²) >= 11 is 0. The standard InChI is InChI=1S/C8H14N4O3/c1-3-15-8(13)7-9-10-11-12(7)5-4-6-14-2/h3-6H2,1-2H3. The molecule has 0 spiro atoms. The number of hydrogen-bond acceptors (Lipinski definition) is 6. The van der Waals surface area contributed by atoms with E-state index in [1.165, 1.54) is 4.68 Å². The molecule has 84 valence electrons. The van der Waals surface area contributed by atoms with Gasteiger partial charge in [0, 0.05) is 20.3 Å². The van der Waals surface area contributed by atoms with Crippen molar-refractivity contribution >= 4 is 5.97 Å². The van der Waals surface area contributed by atoms with E-state index in [1.807, 2.05) is 0 Å². The molecule has 0 amide bonds. The van der Waals surface area contributed by atoms with E-state index in [0.717, 1.165) is 6.42 Å². The Morgan fingerprint density at radius 3 is 3.00 bits per heavy atom. The van der Waals surface area contributed by atoms with E-state index in [0.29, 0.717) is 19.8 Å². The van der Waals surface area contributed by atoms with E-state index in [-0.39, 0.29) is 5.82 Å². The van der Waals surface area contributed by atoms with Crippen molar-refractivity contribution in [2.45, 2.75) is 19.9 Å². The van der Waals surface area contributed by atoms with Crippen molar-refractivity contribution in [3.63, 3.8) is 0 Å². The van der Waals surface area contributed by atoms with Gasteiger partial charge in [-0.05, 0) is 23.8 Å². The third-order valence-electron chi connectivity index (χ3n) is 1.71. The first-order valence-electron chi connectivity index (χ1n) is 4.71. The molecule has 1 aromatic rings. The molecule has 0 radical (unpaired) electrons. The van der Waals surface area contributed by atoms with E-state index in [4.69, 9.17) is 9.47 Å². The molecule has 1 aromatic heterocycles.